The Morgan fingerprint density at radius 3 is 2.69 bits per heavy atom. The Labute approximate surface area is 199 Å². The maximum Gasteiger partial charge on any atom is 0.419 e. The Balaban J connectivity index is 1.30. The number of anilines is 1. The van der Waals surface area contributed by atoms with Crippen LogP contribution in [0.15, 0.2) is 48.7 Å². The van der Waals surface area contributed by atoms with E-state index in [0.717, 1.165) is 23.7 Å². The lowest BCUT2D eigenvalue weighted by atomic mass is 9.76. The first-order chi connectivity index (χ1) is 16.7. The van der Waals surface area contributed by atoms with Gasteiger partial charge in [0.05, 0.1) is 23.9 Å². The minimum Gasteiger partial charge on any atom is -0.383 e. The van der Waals surface area contributed by atoms with Gasteiger partial charge in [0.15, 0.2) is 0 Å². The fourth-order valence-corrected chi connectivity index (χ4v) is 4.91. The monoisotopic (exact) mass is 486 g/mol. The molecule has 0 saturated carbocycles. The van der Waals surface area contributed by atoms with Gasteiger partial charge in [-0.15, -0.1) is 0 Å². The van der Waals surface area contributed by atoms with Gasteiger partial charge in [-0.25, -0.2) is 9.78 Å². The van der Waals surface area contributed by atoms with Crippen LogP contribution in [0.25, 0.3) is 11.3 Å². The zero-order valence-electron chi connectivity index (χ0n) is 19.0. The van der Waals surface area contributed by atoms with Gasteiger partial charge in [-0.2, -0.15) is 18.3 Å². The van der Waals surface area contributed by atoms with Gasteiger partial charge in [-0.3, -0.25) is 4.68 Å². The molecule has 8 nitrogen and oxygen atoms in total. The number of pyridine rings is 1. The molecule has 1 saturated heterocycles. The maximum absolute atomic E-state index is 13.3. The minimum absolute atomic E-state index is 0.183. The summed E-state index contributed by atoms with van der Waals surface area (Å²) in [6.45, 7) is 1.99. The summed E-state index contributed by atoms with van der Waals surface area (Å²) in [4.78, 5) is 18.4. The number of fused-ring (bicyclic) bond motifs is 2. The van der Waals surface area contributed by atoms with E-state index in [1.165, 1.54) is 6.20 Å². The first kappa shape index (κ1) is 23.2. The number of likely N-dealkylation sites (tertiary alicyclic amines) is 1. The number of rotatable bonds is 5. The number of nitrogens with one attached hydrogen (secondary N) is 1. The first-order valence-electron chi connectivity index (χ1n) is 11.2. The van der Waals surface area contributed by atoms with Crippen molar-refractivity contribution in [2.75, 3.05) is 32.5 Å². The van der Waals surface area contributed by atoms with Gasteiger partial charge in [0.25, 0.3) is 0 Å². The second kappa shape index (κ2) is 8.56. The van der Waals surface area contributed by atoms with Crippen molar-refractivity contribution in [1.29, 1.82) is 0 Å². The SMILES string of the molecule is COCC(NC(=O)N1CC2(CCn3nc(-c4cnc(N)c(C(F)(F)F)c4)cc32)C1)c1ccccc1. The van der Waals surface area contributed by atoms with E-state index in [1.54, 1.807) is 18.1 Å². The predicted octanol–water partition coefficient (Wildman–Crippen LogP) is 3.60. The van der Waals surface area contributed by atoms with E-state index in [1.807, 2.05) is 35.0 Å². The molecule has 2 aliphatic heterocycles. The summed E-state index contributed by atoms with van der Waals surface area (Å²) < 4.78 is 46.9. The summed E-state index contributed by atoms with van der Waals surface area (Å²) in [6.07, 6.45) is -2.48. The predicted molar refractivity (Wildman–Crippen MR) is 122 cm³/mol. The average molecular weight is 486 g/mol. The van der Waals surface area contributed by atoms with Crippen LogP contribution in [0.1, 0.15) is 29.3 Å². The van der Waals surface area contributed by atoms with Gasteiger partial charge in [0, 0.05) is 49.6 Å². The topological polar surface area (TPSA) is 98.3 Å². The molecular formula is C24H25F3N6O2. The molecule has 0 aliphatic carbocycles. The van der Waals surface area contributed by atoms with Gasteiger partial charge in [-0.1, -0.05) is 30.3 Å². The van der Waals surface area contributed by atoms with Crippen LogP contribution in [0.2, 0.25) is 0 Å². The Hall–Kier alpha value is -3.60. The van der Waals surface area contributed by atoms with Gasteiger partial charge >= 0.3 is 12.2 Å². The van der Waals surface area contributed by atoms with Crippen LogP contribution in [-0.2, 0) is 22.9 Å². The molecule has 1 spiro atoms. The van der Waals surface area contributed by atoms with E-state index in [2.05, 4.69) is 15.4 Å². The number of nitrogen functional groups attached to an aromatic ring is 1. The number of carbonyl (C=O) groups excluding carboxylic acids is 1. The number of alkyl halides is 3. The number of hydrogen-bond acceptors (Lipinski definition) is 5. The summed E-state index contributed by atoms with van der Waals surface area (Å²) in [7, 11) is 1.59. The van der Waals surface area contributed by atoms with E-state index in [0.29, 0.717) is 31.9 Å². The Morgan fingerprint density at radius 1 is 1.26 bits per heavy atom. The number of amides is 2. The second-order valence-corrected chi connectivity index (χ2v) is 9.05. The van der Waals surface area contributed by atoms with Crippen molar-refractivity contribution in [2.45, 2.75) is 30.6 Å². The highest BCUT2D eigenvalue weighted by molar-refractivity contribution is 5.76. The summed E-state index contributed by atoms with van der Waals surface area (Å²) in [6, 6.07) is 11.9. The van der Waals surface area contributed by atoms with Crippen molar-refractivity contribution in [1.82, 2.24) is 25.0 Å². The van der Waals surface area contributed by atoms with Crippen LogP contribution in [0.5, 0.6) is 0 Å². The van der Waals surface area contributed by atoms with E-state index in [4.69, 9.17) is 10.5 Å². The van der Waals surface area contributed by atoms with Gasteiger partial charge in [0.2, 0.25) is 0 Å². The molecular weight excluding hydrogens is 461 g/mol. The number of benzene rings is 1. The second-order valence-electron chi connectivity index (χ2n) is 9.05. The zero-order valence-corrected chi connectivity index (χ0v) is 19.0. The fraction of sp³-hybridized carbons (Fsp3) is 0.375. The fourth-order valence-electron chi connectivity index (χ4n) is 4.91. The van der Waals surface area contributed by atoms with E-state index in [9.17, 15) is 18.0 Å². The Kier molecular flexibility index (Phi) is 5.66. The molecule has 4 heterocycles. The molecule has 0 bridgehead atoms. The number of aromatic nitrogens is 3. The van der Waals surface area contributed by atoms with Crippen LogP contribution >= 0.6 is 0 Å². The molecule has 11 heteroatoms. The molecule has 35 heavy (non-hydrogen) atoms. The molecule has 1 unspecified atom stereocenters. The summed E-state index contributed by atoms with van der Waals surface area (Å²) in [5, 5.41) is 7.54. The van der Waals surface area contributed by atoms with Crippen LogP contribution in [0, 0.1) is 0 Å². The Bertz CT molecular complexity index is 1240. The third-order valence-corrected chi connectivity index (χ3v) is 6.75. The summed E-state index contributed by atoms with van der Waals surface area (Å²) in [5.41, 5.74) is 6.71. The molecule has 1 atom stereocenters. The molecule has 3 aromatic rings. The number of methoxy groups -OCH3 is 1. The highest BCUT2D eigenvalue weighted by Crippen LogP contribution is 2.44. The van der Waals surface area contributed by atoms with Gasteiger partial charge < -0.3 is 20.7 Å². The molecule has 1 aromatic carbocycles. The number of aryl methyl sites for hydroxylation is 1. The molecule has 184 valence electrons. The van der Waals surface area contributed by atoms with Crippen molar-refractivity contribution < 1.29 is 22.7 Å². The highest BCUT2D eigenvalue weighted by atomic mass is 19.4. The number of urea groups is 1. The maximum atomic E-state index is 13.3. The Morgan fingerprint density at radius 2 is 2.00 bits per heavy atom. The lowest BCUT2D eigenvalue weighted by molar-refractivity contribution is -0.137. The average Bonchev–Trinajstić information content (AvgIpc) is 3.37. The lowest BCUT2D eigenvalue weighted by Gasteiger charge is -2.47. The number of carbonyl (C=O) groups is 1. The number of ether oxygens (including phenoxy) is 1. The molecule has 2 aromatic heterocycles. The molecule has 2 amide bonds. The van der Waals surface area contributed by atoms with Gasteiger partial charge in [0.1, 0.15) is 5.82 Å². The van der Waals surface area contributed by atoms with Crippen molar-refractivity contribution in [2.24, 2.45) is 0 Å². The van der Waals surface area contributed by atoms with E-state index in [-0.39, 0.29) is 23.1 Å². The first-order valence-corrected chi connectivity index (χ1v) is 11.2. The van der Waals surface area contributed by atoms with Crippen LogP contribution in [0.3, 0.4) is 0 Å². The zero-order chi connectivity index (χ0) is 24.8. The van der Waals surface area contributed by atoms with Crippen molar-refractivity contribution >= 4 is 11.8 Å². The third-order valence-electron chi connectivity index (χ3n) is 6.75. The molecule has 0 radical (unpaired) electrons. The van der Waals surface area contributed by atoms with E-state index >= 15 is 0 Å². The number of hydrogen-bond donors (Lipinski definition) is 2. The summed E-state index contributed by atoms with van der Waals surface area (Å²) in [5.74, 6) is -0.563. The van der Waals surface area contributed by atoms with Crippen LogP contribution in [0.4, 0.5) is 23.8 Å². The number of nitrogens with zero attached hydrogens (tertiary/aromatic N) is 4. The molecule has 2 aliphatic rings. The lowest BCUT2D eigenvalue weighted by Crippen LogP contribution is -2.62. The smallest absolute Gasteiger partial charge is 0.383 e. The molecule has 1 fully saturated rings. The highest BCUT2D eigenvalue weighted by Gasteiger charge is 2.51. The minimum atomic E-state index is -4.60. The standard InChI is InChI=1S/C24H25F3N6O2/c1-35-12-19(15-5-3-2-4-6-15)30-22(34)32-13-23(14-32)7-8-33-20(23)10-18(31-33)16-9-17(24(25,26)27)21(28)29-11-16/h2-6,9-11,19H,7-8,12-14H2,1H3,(H2,28,29)(H,30,34). The normalized spacial score (nSPS) is 17.2. The van der Waals surface area contributed by atoms with E-state index < -0.39 is 17.6 Å². The number of nitrogens with two attached hydrogens (primary N) is 1. The molecule has 3 N–H and O–H groups in total. The van der Waals surface area contributed by atoms with Crippen LogP contribution in [-0.4, -0.2) is 52.5 Å². The third kappa shape index (κ3) is 4.20. The molecule has 5 rings (SSSR count). The van der Waals surface area contributed by atoms with Crippen molar-refractivity contribution in [3.8, 4) is 11.3 Å². The van der Waals surface area contributed by atoms with Crippen molar-refractivity contribution in [3.05, 3.63) is 65.5 Å². The summed E-state index contributed by atoms with van der Waals surface area (Å²) >= 11 is 0. The largest absolute Gasteiger partial charge is 0.419 e. The van der Waals surface area contributed by atoms with Crippen molar-refractivity contribution in [3.63, 3.8) is 0 Å². The van der Waals surface area contributed by atoms with Crippen LogP contribution < -0.4 is 11.1 Å². The van der Waals surface area contributed by atoms with Gasteiger partial charge in [-0.05, 0) is 24.1 Å². The quantitative estimate of drug-likeness (QED) is 0.574. The number of halogens is 3.